The van der Waals surface area contributed by atoms with Gasteiger partial charge in [0, 0.05) is 689 Å². The van der Waals surface area contributed by atoms with Crippen molar-refractivity contribution in [2.45, 2.75) is 13.1 Å². The van der Waals surface area contributed by atoms with E-state index in [0.29, 0.717) is 0 Å². The molecule has 2 aliphatic heterocycles. The summed E-state index contributed by atoms with van der Waals surface area (Å²) >= 11 is 0. The van der Waals surface area contributed by atoms with Crippen molar-refractivity contribution in [3.8, 4) is 0 Å². The van der Waals surface area contributed by atoms with Crippen LogP contribution in [0.25, 0.3) is 0 Å². The van der Waals surface area contributed by atoms with E-state index in [1.165, 1.54) is 16.8 Å². The van der Waals surface area contributed by atoms with E-state index in [2.05, 4.69) is 33.7 Å². The Morgan fingerprint density at radius 1 is 0.217 bits per heavy atom. The third-order valence-corrected chi connectivity index (χ3v) is 22.6. The standard InChI is InChI=1S/C12H17N3.B91/c1-2-12(15-5-3-13-4-6-15)7-11-9-14-8-10(1)11;1-47-70(46)82(71(48(2)3)49(4)5)88(83(72(50(6)7)51(8)9)73(52(10)11)53(12)13)91(89(84(74(54(14)15)55(16)17)75(56(18)19)57(20)21)85(76(58(22)23)59(24)25)77(60(26)27)61(28)29)90(86(78(62(30)31)63(32)33)79(64(34)35)65(36)37)87(80(66(38)39)67(40)41)81(68(42)43)69(44)45/h1-2,7,13-14H,3-6,8-9H2;. The predicted molar refractivity (Wildman–Crippen MR) is 586 cm³/mol. The van der Waals surface area contributed by atoms with Crippen LogP contribution >= 0.6 is 0 Å². The largest absolute Gasteiger partial charge is 0.369 e. The molecular formula is C12H17B91N3. The first-order chi connectivity index (χ1) is 48.9. The Bertz CT molecular complexity index is 2130. The molecule has 0 bridgehead atoms. The summed E-state index contributed by atoms with van der Waals surface area (Å²) < 4.78 is 0. The Morgan fingerprint density at radius 2 is 0.387 bits per heavy atom. The third-order valence-electron chi connectivity index (χ3n) is 22.6. The molecule has 3 rings (SSSR count). The number of hydrogen-bond donors (Lipinski definition) is 2. The Kier molecular flexibility index (Phi) is 50.7. The van der Waals surface area contributed by atoms with Crippen LogP contribution in [0, 0.1) is 0 Å². The lowest BCUT2D eigenvalue weighted by Gasteiger charge is -2.62. The van der Waals surface area contributed by atoms with Crippen molar-refractivity contribution in [3.05, 3.63) is 29.3 Å². The molecule has 94 heteroatoms. The van der Waals surface area contributed by atoms with Gasteiger partial charge in [0.2, 0.25) is 0 Å². The van der Waals surface area contributed by atoms with Gasteiger partial charge in [-0.15, -0.1) is 0 Å². The number of hydrogen-bond acceptors (Lipinski definition) is 3. The highest BCUT2D eigenvalue weighted by atomic mass is 15.2. The Morgan fingerprint density at radius 3 is 0.575 bits per heavy atom. The molecule has 1 saturated heterocycles. The summed E-state index contributed by atoms with van der Waals surface area (Å²) in [6.45, 7) is 6.55. The summed E-state index contributed by atoms with van der Waals surface area (Å²) in [4.78, 5) is 2.47. The highest BCUT2D eigenvalue weighted by Gasteiger charge is 2.67. The van der Waals surface area contributed by atoms with Crippen molar-refractivity contribution in [2.24, 2.45) is 0 Å². The van der Waals surface area contributed by atoms with Gasteiger partial charge in [-0.25, -0.2) is 0 Å². The normalized spacial score (nSPS) is 11.3. The minimum absolute atomic E-state index is 0.994. The van der Waals surface area contributed by atoms with Crippen molar-refractivity contribution in [1.82, 2.24) is 10.6 Å². The zero-order valence-electron chi connectivity index (χ0n) is 61.5. The van der Waals surface area contributed by atoms with Crippen LogP contribution in [0.1, 0.15) is 11.1 Å². The smallest absolute Gasteiger partial charge is 0.0370 e. The molecule has 1 aromatic carbocycles. The first-order valence-electron chi connectivity index (χ1n) is 35.7. The summed E-state index contributed by atoms with van der Waals surface area (Å²) in [5.74, 6) is 0. The SMILES string of the molecule is [B][B]B([B])B(B(B([B])[B])B([B])[B])B(B(B(B([B])[B])B([B])[B])B(B([B])[B])B([B])[B])B(B(B(B(B([B])[B])B([B])[B])B(B([B])[B])B([B])[B])B(B(B([B])[B])B([B])[B])B(B([B])[B])B([B])[B])B(B(B(B([B])[B])B([B])[B])B(B([B])[B])B([B])[B])B(B(B([B])[B])B([B])[B])B(B([B])[B])B([B])[B].c1cc2c(cc1N1CCNCC1)CNC2. The maximum atomic E-state index is 7.54. The van der Waals surface area contributed by atoms with E-state index in [1.807, 2.05) is 0 Å². The average molecular weight is 1190 g/mol. The van der Waals surface area contributed by atoms with Crippen molar-refractivity contribution in [1.29, 1.82) is 0 Å². The molecule has 0 atom stereocenters. The average Bonchev–Trinajstić information content (AvgIpc) is 0.755. The Hall–Kier alpha value is 4.85. The molecule has 0 amide bonds. The second-order valence-corrected chi connectivity index (χ2v) is 29.9. The monoisotopic (exact) mass is 1200 g/mol. The number of nitrogens with one attached hydrogen (secondary N) is 2. The number of fused-ring (bicyclic) bond motifs is 1. The lowest BCUT2D eigenvalue weighted by molar-refractivity contribution is 0.589. The van der Waals surface area contributed by atoms with Gasteiger partial charge in [-0.05, 0) is 23.3 Å². The fourth-order valence-electron chi connectivity index (χ4n) is 18.7. The van der Waals surface area contributed by atoms with Crippen LogP contribution in [-0.2, 0) is 13.1 Å². The Labute approximate surface area is 726 Å². The van der Waals surface area contributed by atoms with Gasteiger partial charge in [0.1, 0.15) is 0 Å². The van der Waals surface area contributed by atoms with Crippen LogP contribution in [0.15, 0.2) is 18.2 Å². The maximum absolute atomic E-state index is 7.54. The second-order valence-electron chi connectivity index (χ2n) is 29.9. The van der Waals surface area contributed by atoms with Crippen molar-refractivity contribution in [2.75, 3.05) is 31.1 Å². The van der Waals surface area contributed by atoms with Crippen LogP contribution in [0.3, 0.4) is 0 Å². The van der Waals surface area contributed by atoms with Crippen LogP contribution in [-0.4, -0.2) is 670 Å². The molecule has 0 aromatic heterocycles. The molecule has 2 aliphatic rings. The van der Waals surface area contributed by atoms with Crippen LogP contribution < -0.4 is 15.5 Å². The van der Waals surface area contributed by atoms with Crippen LogP contribution in [0.4, 0.5) is 5.69 Å². The van der Waals surface area contributed by atoms with Crippen LogP contribution in [0.2, 0.25) is 0 Å². The zero-order chi connectivity index (χ0) is 82.2. The minimum Gasteiger partial charge on any atom is -0.369 e. The van der Waals surface area contributed by atoms with Gasteiger partial charge in [-0.3, -0.25) is 0 Å². The number of piperazine rings is 1. The lowest BCUT2D eigenvalue weighted by Crippen LogP contribution is -3.00. The summed E-state index contributed by atoms with van der Waals surface area (Å²) in [5, 5.41) is 6.77. The van der Waals surface area contributed by atoms with Gasteiger partial charge >= 0.3 is 0 Å². The van der Waals surface area contributed by atoms with Gasteiger partial charge in [0.15, 0.2) is 0 Å². The first-order valence-corrected chi connectivity index (χ1v) is 35.7. The topological polar surface area (TPSA) is 27.3 Å². The van der Waals surface area contributed by atoms with E-state index < -0.39 is 281 Å². The summed E-state index contributed by atoms with van der Waals surface area (Å²) in [6, 6.07) is 6.88. The molecule has 1 aromatic rings. The van der Waals surface area contributed by atoms with Gasteiger partial charge in [-0.2, -0.15) is 0 Å². The van der Waals surface area contributed by atoms with E-state index in [4.69, 9.17) is 356 Å². The van der Waals surface area contributed by atoms with Gasteiger partial charge < -0.3 is 15.5 Å². The molecule has 2 N–H and O–H groups in total. The number of rotatable bonds is 45. The van der Waals surface area contributed by atoms with E-state index in [9.17, 15) is 0 Å². The first kappa shape index (κ1) is 107. The summed E-state index contributed by atoms with van der Waals surface area (Å²) in [5.41, 5.74) is 4.33. The second kappa shape index (κ2) is 50.3. The lowest BCUT2D eigenvalue weighted by atomic mass is 8.19. The summed E-state index contributed by atoms with van der Waals surface area (Å²) in [6.07, 6.45) is -78.8. The third kappa shape index (κ3) is 28.8. The van der Waals surface area contributed by atoms with Crippen molar-refractivity contribution >= 4 is 650 Å². The molecule has 0 aliphatic carbocycles. The minimum atomic E-state index is -2.13. The number of anilines is 1. The van der Waals surface area contributed by atoms with E-state index in [1.54, 1.807) is 0 Å². The van der Waals surface area contributed by atoms with Crippen molar-refractivity contribution in [3.63, 3.8) is 0 Å². The molecule has 0 spiro atoms. The Balaban J connectivity index is 0.00000221. The van der Waals surface area contributed by atoms with Gasteiger partial charge in [0.05, 0.1) is 0 Å². The maximum Gasteiger partial charge on any atom is 0.0370 e. The fraction of sp³-hybridized carbons (Fsp3) is 0.500. The number of benzene rings is 1. The highest BCUT2D eigenvalue weighted by Crippen LogP contribution is 2.30. The molecule has 0 unspecified atom stereocenters. The van der Waals surface area contributed by atoms with E-state index >= 15 is 0 Å². The van der Waals surface area contributed by atoms with Gasteiger partial charge in [-0.1, -0.05) is 6.07 Å². The quantitative estimate of drug-likeness (QED) is 0.0638. The highest BCUT2D eigenvalue weighted by molar-refractivity contribution is 8.43. The van der Waals surface area contributed by atoms with Gasteiger partial charge in [0.25, 0.3) is 0 Å². The molecule has 0 saturated carbocycles. The molecule has 1 fully saturated rings. The molecular weight excluding hydrogens is 1170 g/mol. The predicted octanol–water partition coefficient (Wildman–Crippen LogP) is -34.0. The molecule has 93 radical (unpaired) electrons. The molecule has 353 valence electrons. The van der Waals surface area contributed by atoms with Crippen LogP contribution in [0.5, 0.6) is 0 Å². The molecule has 3 nitrogen and oxygen atoms in total. The molecule has 106 heavy (non-hydrogen) atoms. The number of nitrogens with zero attached hydrogens (tertiary/aromatic N) is 1. The molecule has 2 heterocycles. The van der Waals surface area contributed by atoms with E-state index in [-0.39, 0.29) is 0 Å². The summed E-state index contributed by atoms with van der Waals surface area (Å²) in [7, 11) is 323. The zero-order valence-corrected chi connectivity index (χ0v) is 61.5. The fourth-order valence-corrected chi connectivity index (χ4v) is 18.7. The van der Waals surface area contributed by atoms with Crippen molar-refractivity contribution < 1.29 is 0 Å². The van der Waals surface area contributed by atoms with E-state index in [0.717, 1.165) is 46.3 Å².